The topological polar surface area (TPSA) is 38.8 Å². The molecule has 1 aliphatic rings. The molecule has 1 saturated heterocycles. The Bertz CT molecular complexity index is 1060. The molecule has 0 aliphatic carbocycles. The number of carbonyl (C=O) groups excluding carboxylic acids is 1. The number of terminal acetylenes is 1. The van der Waals surface area contributed by atoms with Gasteiger partial charge in [-0.1, -0.05) is 66.6 Å². The molecule has 3 aromatic rings. The van der Waals surface area contributed by atoms with E-state index in [4.69, 9.17) is 15.9 Å². The summed E-state index contributed by atoms with van der Waals surface area (Å²) in [6.07, 6.45) is 5.51. The zero-order valence-electron chi connectivity index (χ0n) is 17.2. The van der Waals surface area contributed by atoms with Gasteiger partial charge in [-0.2, -0.15) is 0 Å². The summed E-state index contributed by atoms with van der Waals surface area (Å²) < 4.78 is 11.4. The number of amides is 1. The number of hydrogen-bond acceptors (Lipinski definition) is 4. The Hall–Kier alpha value is -3.20. The summed E-state index contributed by atoms with van der Waals surface area (Å²) >= 11 is 1.49. The first-order valence-corrected chi connectivity index (χ1v) is 11.0. The molecule has 0 radical (unpaired) electrons. The Morgan fingerprint density at radius 2 is 1.65 bits per heavy atom. The van der Waals surface area contributed by atoms with E-state index in [2.05, 4.69) is 5.92 Å². The Balaban J connectivity index is 1.72. The molecular formula is C26H23NO3S. The van der Waals surface area contributed by atoms with E-state index in [-0.39, 0.29) is 18.6 Å². The minimum absolute atomic E-state index is 0.0628. The second-order valence-corrected chi connectivity index (χ2v) is 8.30. The Kier molecular flexibility index (Phi) is 6.31. The van der Waals surface area contributed by atoms with Crippen molar-refractivity contribution in [3.05, 3.63) is 96.1 Å². The van der Waals surface area contributed by atoms with Crippen LogP contribution < -0.4 is 9.64 Å². The first kappa shape index (κ1) is 21.0. The average molecular weight is 430 g/mol. The van der Waals surface area contributed by atoms with Crippen LogP contribution in [0.4, 0.5) is 5.69 Å². The maximum atomic E-state index is 13.6. The molecule has 1 heterocycles. The molecule has 1 aliphatic heterocycles. The largest absolute Gasteiger partial charge is 0.497 e. The first-order valence-electron chi connectivity index (χ1n) is 9.97. The van der Waals surface area contributed by atoms with Crippen LogP contribution in [0, 0.1) is 12.3 Å². The van der Waals surface area contributed by atoms with Gasteiger partial charge in [0.15, 0.2) is 0 Å². The predicted molar refractivity (Wildman–Crippen MR) is 125 cm³/mol. The van der Waals surface area contributed by atoms with Crippen molar-refractivity contribution in [2.24, 2.45) is 0 Å². The molecule has 0 N–H and O–H groups in total. The zero-order chi connectivity index (χ0) is 21.7. The van der Waals surface area contributed by atoms with Gasteiger partial charge in [0.25, 0.3) is 5.91 Å². The van der Waals surface area contributed by atoms with E-state index < -0.39 is 4.93 Å². The minimum Gasteiger partial charge on any atom is -0.497 e. The average Bonchev–Trinajstić information content (AvgIpc) is 2.84. The van der Waals surface area contributed by atoms with Crippen molar-refractivity contribution in [2.45, 2.75) is 16.7 Å². The van der Waals surface area contributed by atoms with Gasteiger partial charge < -0.3 is 9.47 Å². The first-order chi connectivity index (χ1) is 15.2. The lowest BCUT2D eigenvalue weighted by Gasteiger charge is -2.54. The molecular weight excluding hydrogens is 406 g/mol. The molecule has 3 aromatic carbocycles. The molecule has 1 fully saturated rings. The van der Waals surface area contributed by atoms with E-state index in [1.165, 1.54) is 11.8 Å². The highest BCUT2D eigenvalue weighted by Crippen LogP contribution is 2.55. The smallest absolute Gasteiger partial charge is 0.273 e. The molecule has 156 valence electrons. The summed E-state index contributed by atoms with van der Waals surface area (Å²) in [6.45, 7) is 0.0628. The van der Waals surface area contributed by atoms with E-state index in [0.29, 0.717) is 5.75 Å². The van der Waals surface area contributed by atoms with E-state index in [1.807, 2.05) is 84.9 Å². The van der Waals surface area contributed by atoms with E-state index in [1.54, 1.807) is 12.0 Å². The van der Waals surface area contributed by atoms with Gasteiger partial charge in [0.05, 0.1) is 7.11 Å². The lowest BCUT2D eigenvalue weighted by Crippen LogP contribution is -2.68. The SMILES string of the molecule is C#CCO[C@@]1(SCc2ccccc2)C(=O)N(c2ccc(OC)cc2)[C@@H]1c1ccccc1. The second-order valence-electron chi connectivity index (χ2n) is 7.12. The molecule has 2 atom stereocenters. The number of nitrogens with zero attached hydrogens (tertiary/aromatic N) is 1. The van der Waals surface area contributed by atoms with Gasteiger partial charge >= 0.3 is 0 Å². The van der Waals surface area contributed by atoms with Gasteiger partial charge in [0.1, 0.15) is 18.4 Å². The molecule has 0 spiro atoms. The predicted octanol–water partition coefficient (Wildman–Crippen LogP) is 5.06. The van der Waals surface area contributed by atoms with Crippen molar-refractivity contribution in [2.75, 3.05) is 18.6 Å². The van der Waals surface area contributed by atoms with Crippen LogP contribution in [-0.4, -0.2) is 24.6 Å². The van der Waals surface area contributed by atoms with E-state index >= 15 is 0 Å². The van der Waals surface area contributed by atoms with Gasteiger partial charge in [-0.05, 0) is 35.4 Å². The molecule has 31 heavy (non-hydrogen) atoms. The van der Waals surface area contributed by atoms with Crippen LogP contribution in [0.5, 0.6) is 5.75 Å². The summed E-state index contributed by atoms with van der Waals surface area (Å²) in [5.74, 6) is 3.79. The highest BCUT2D eigenvalue weighted by molar-refractivity contribution is 8.00. The van der Waals surface area contributed by atoms with Crippen molar-refractivity contribution < 1.29 is 14.3 Å². The van der Waals surface area contributed by atoms with E-state index in [0.717, 1.165) is 22.6 Å². The number of rotatable bonds is 8. The fraction of sp³-hybridized carbons (Fsp3) is 0.192. The van der Waals surface area contributed by atoms with Crippen LogP contribution in [0.2, 0.25) is 0 Å². The van der Waals surface area contributed by atoms with Gasteiger partial charge in [-0.15, -0.1) is 18.2 Å². The molecule has 4 rings (SSSR count). The number of anilines is 1. The molecule has 0 aromatic heterocycles. The van der Waals surface area contributed by atoms with Crippen LogP contribution in [0.15, 0.2) is 84.9 Å². The molecule has 0 bridgehead atoms. The molecule has 0 saturated carbocycles. The monoisotopic (exact) mass is 429 g/mol. The number of β-lactam (4-membered cyclic amide) rings is 1. The number of carbonyl (C=O) groups is 1. The standard InChI is InChI=1S/C26H23NO3S/c1-3-18-30-26(31-19-20-10-6-4-7-11-20)24(21-12-8-5-9-13-21)27(25(26)28)22-14-16-23(29-2)17-15-22/h1,4-17,24H,18-19H2,2H3/t24-,26+/m1/s1. The van der Waals surface area contributed by atoms with Crippen molar-refractivity contribution in [1.82, 2.24) is 0 Å². The summed E-state index contributed by atoms with van der Waals surface area (Å²) in [7, 11) is 1.62. The van der Waals surface area contributed by atoms with Crippen molar-refractivity contribution in [3.8, 4) is 18.1 Å². The number of benzene rings is 3. The number of thioether (sulfide) groups is 1. The highest BCUT2D eigenvalue weighted by atomic mass is 32.2. The van der Waals surface area contributed by atoms with Crippen molar-refractivity contribution in [1.29, 1.82) is 0 Å². The number of hydrogen-bond donors (Lipinski definition) is 0. The van der Waals surface area contributed by atoms with Crippen molar-refractivity contribution in [3.63, 3.8) is 0 Å². The van der Waals surface area contributed by atoms with E-state index in [9.17, 15) is 4.79 Å². The normalized spacial score (nSPS) is 20.1. The second kappa shape index (κ2) is 9.30. The lowest BCUT2D eigenvalue weighted by molar-refractivity contribution is -0.146. The minimum atomic E-state index is -1.09. The summed E-state index contributed by atoms with van der Waals surface area (Å²) in [6, 6.07) is 27.2. The van der Waals surface area contributed by atoms with Crippen molar-refractivity contribution >= 4 is 23.4 Å². The number of ether oxygens (including phenoxy) is 2. The lowest BCUT2D eigenvalue weighted by atomic mass is 9.89. The number of methoxy groups -OCH3 is 1. The third-order valence-corrected chi connectivity index (χ3v) is 6.69. The van der Waals surface area contributed by atoms with Gasteiger partial charge in [0, 0.05) is 11.4 Å². The zero-order valence-corrected chi connectivity index (χ0v) is 18.0. The quantitative estimate of drug-likeness (QED) is 0.285. The Labute approximate surface area is 187 Å². The molecule has 1 amide bonds. The summed E-state index contributed by atoms with van der Waals surface area (Å²) in [5, 5.41) is 0. The van der Waals surface area contributed by atoms with Crippen LogP contribution in [0.25, 0.3) is 0 Å². The Morgan fingerprint density at radius 1 is 1.00 bits per heavy atom. The van der Waals surface area contributed by atoms with Gasteiger partial charge in [-0.25, -0.2) is 0 Å². The summed E-state index contributed by atoms with van der Waals surface area (Å²) in [5.41, 5.74) is 2.91. The van der Waals surface area contributed by atoms with Gasteiger partial charge in [0.2, 0.25) is 4.93 Å². The molecule has 5 heteroatoms. The fourth-order valence-electron chi connectivity index (χ4n) is 3.76. The maximum Gasteiger partial charge on any atom is 0.273 e. The van der Waals surface area contributed by atoms with Gasteiger partial charge in [-0.3, -0.25) is 9.69 Å². The van der Waals surface area contributed by atoms with Crippen LogP contribution in [-0.2, 0) is 15.3 Å². The van der Waals surface area contributed by atoms with Crippen LogP contribution in [0.3, 0.4) is 0 Å². The molecule has 0 unspecified atom stereocenters. The highest BCUT2D eigenvalue weighted by Gasteiger charge is 2.63. The van der Waals surface area contributed by atoms with Crippen LogP contribution >= 0.6 is 11.8 Å². The van der Waals surface area contributed by atoms with Crippen LogP contribution in [0.1, 0.15) is 17.2 Å². The fourth-order valence-corrected chi connectivity index (χ4v) is 5.09. The third-order valence-electron chi connectivity index (χ3n) is 5.27. The summed E-state index contributed by atoms with van der Waals surface area (Å²) in [4.78, 5) is 14.3. The Morgan fingerprint density at radius 3 is 2.26 bits per heavy atom. The maximum absolute atomic E-state index is 13.6. The third kappa shape index (κ3) is 4.05. The molecule has 4 nitrogen and oxygen atoms in total.